The van der Waals surface area contributed by atoms with Crippen LogP contribution in [0.4, 0.5) is 0 Å². The molecule has 2 rings (SSSR count). The Kier molecular flexibility index (Phi) is 8.23. The summed E-state index contributed by atoms with van der Waals surface area (Å²) in [5.74, 6) is 0. The van der Waals surface area contributed by atoms with Crippen LogP contribution in [0.1, 0.15) is 24.5 Å². The van der Waals surface area contributed by atoms with E-state index >= 15 is 0 Å². The Bertz CT molecular complexity index is 538. The lowest BCUT2D eigenvalue weighted by Gasteiger charge is -2.10. The Labute approximate surface area is 125 Å². The second kappa shape index (κ2) is 8.80. The molecule has 0 aliphatic heterocycles. The standard InChI is InChI=1S/C17H20S.2H2O/c1-4-6-14-10-9-13(2)17(11-14)15-7-5-8-16(12-15)18-3;;/h5,7-12H,4,6H2,1-3H3;2*1H2. The quantitative estimate of drug-likeness (QED) is 0.793. The summed E-state index contributed by atoms with van der Waals surface area (Å²) in [7, 11) is 0. The van der Waals surface area contributed by atoms with Gasteiger partial charge in [-0.05, 0) is 54.0 Å². The molecule has 2 aromatic rings. The maximum atomic E-state index is 2.35. The summed E-state index contributed by atoms with van der Waals surface area (Å²) in [6.45, 7) is 4.42. The van der Waals surface area contributed by atoms with Crippen LogP contribution < -0.4 is 0 Å². The van der Waals surface area contributed by atoms with Gasteiger partial charge in [-0.25, -0.2) is 0 Å². The summed E-state index contributed by atoms with van der Waals surface area (Å²) < 4.78 is 0. The molecule has 0 spiro atoms. The fourth-order valence-electron chi connectivity index (χ4n) is 2.21. The molecule has 3 heteroatoms. The highest BCUT2D eigenvalue weighted by molar-refractivity contribution is 7.98. The third-order valence-corrected chi connectivity index (χ3v) is 3.95. The van der Waals surface area contributed by atoms with E-state index in [0.717, 1.165) is 6.42 Å². The van der Waals surface area contributed by atoms with Crippen molar-refractivity contribution in [1.82, 2.24) is 0 Å². The van der Waals surface area contributed by atoms with Crippen LogP contribution >= 0.6 is 11.8 Å². The predicted molar refractivity (Wildman–Crippen MR) is 89.6 cm³/mol. The van der Waals surface area contributed by atoms with Crippen LogP contribution in [0.2, 0.25) is 0 Å². The third-order valence-electron chi connectivity index (χ3n) is 3.22. The lowest BCUT2D eigenvalue weighted by molar-refractivity contribution is 0.823. The van der Waals surface area contributed by atoms with Gasteiger partial charge in [0.2, 0.25) is 0 Å². The van der Waals surface area contributed by atoms with Crippen molar-refractivity contribution < 1.29 is 11.0 Å². The smallest absolute Gasteiger partial charge is 0.00752 e. The average molecular weight is 292 g/mol. The number of hydrogen-bond donors (Lipinski definition) is 0. The molecule has 0 saturated heterocycles. The molecule has 0 unspecified atom stereocenters. The van der Waals surface area contributed by atoms with E-state index in [-0.39, 0.29) is 11.0 Å². The normalized spacial score (nSPS) is 9.55. The summed E-state index contributed by atoms with van der Waals surface area (Å²) in [5, 5.41) is 0. The number of benzene rings is 2. The number of thioether (sulfide) groups is 1. The van der Waals surface area contributed by atoms with Crippen molar-refractivity contribution in [3.63, 3.8) is 0 Å². The minimum atomic E-state index is 0. The molecule has 0 amide bonds. The van der Waals surface area contributed by atoms with Crippen molar-refractivity contribution in [2.75, 3.05) is 6.26 Å². The molecule has 4 N–H and O–H groups in total. The molecular weight excluding hydrogens is 268 g/mol. The fraction of sp³-hybridized carbons (Fsp3) is 0.294. The Morgan fingerprint density at radius 1 is 1.00 bits per heavy atom. The molecule has 0 atom stereocenters. The van der Waals surface area contributed by atoms with E-state index in [1.165, 1.54) is 33.6 Å². The Balaban J connectivity index is 0.00000180. The number of aryl methyl sites for hydroxylation is 2. The van der Waals surface area contributed by atoms with Crippen LogP contribution in [0.3, 0.4) is 0 Å². The lowest BCUT2D eigenvalue weighted by atomic mass is 9.97. The molecule has 0 saturated carbocycles. The van der Waals surface area contributed by atoms with E-state index in [4.69, 9.17) is 0 Å². The van der Waals surface area contributed by atoms with Gasteiger partial charge in [-0.2, -0.15) is 0 Å². The molecule has 0 aromatic heterocycles. The summed E-state index contributed by atoms with van der Waals surface area (Å²) in [6.07, 6.45) is 4.49. The van der Waals surface area contributed by atoms with Crippen molar-refractivity contribution in [2.24, 2.45) is 0 Å². The van der Waals surface area contributed by atoms with E-state index in [9.17, 15) is 0 Å². The molecule has 0 fully saturated rings. The van der Waals surface area contributed by atoms with Gasteiger partial charge in [0.15, 0.2) is 0 Å². The Hall–Kier alpha value is -1.29. The molecule has 2 aromatic carbocycles. The molecule has 110 valence electrons. The first-order valence-electron chi connectivity index (χ1n) is 6.48. The van der Waals surface area contributed by atoms with Crippen molar-refractivity contribution in [3.8, 4) is 11.1 Å². The van der Waals surface area contributed by atoms with Crippen LogP contribution in [0.5, 0.6) is 0 Å². The highest BCUT2D eigenvalue weighted by Crippen LogP contribution is 2.28. The van der Waals surface area contributed by atoms with Crippen LogP contribution in [0, 0.1) is 6.92 Å². The highest BCUT2D eigenvalue weighted by atomic mass is 32.2. The first-order chi connectivity index (χ1) is 8.74. The van der Waals surface area contributed by atoms with Crippen molar-refractivity contribution >= 4 is 11.8 Å². The van der Waals surface area contributed by atoms with Gasteiger partial charge >= 0.3 is 0 Å². The van der Waals surface area contributed by atoms with Crippen LogP contribution in [-0.2, 0) is 6.42 Å². The molecule has 0 aliphatic carbocycles. The van der Waals surface area contributed by atoms with E-state index in [2.05, 4.69) is 62.6 Å². The first-order valence-corrected chi connectivity index (χ1v) is 7.71. The van der Waals surface area contributed by atoms with Gasteiger partial charge < -0.3 is 11.0 Å². The Morgan fingerprint density at radius 3 is 2.40 bits per heavy atom. The maximum Gasteiger partial charge on any atom is 0.00752 e. The van der Waals surface area contributed by atoms with Gasteiger partial charge in [-0.1, -0.05) is 43.7 Å². The fourth-order valence-corrected chi connectivity index (χ4v) is 2.67. The van der Waals surface area contributed by atoms with Crippen molar-refractivity contribution in [1.29, 1.82) is 0 Å². The topological polar surface area (TPSA) is 63.0 Å². The highest BCUT2D eigenvalue weighted by Gasteiger charge is 2.04. The summed E-state index contributed by atoms with van der Waals surface area (Å²) in [5.41, 5.74) is 5.50. The van der Waals surface area contributed by atoms with Crippen LogP contribution in [0.25, 0.3) is 11.1 Å². The summed E-state index contributed by atoms with van der Waals surface area (Å²) in [6, 6.07) is 15.6. The monoisotopic (exact) mass is 292 g/mol. The van der Waals surface area contributed by atoms with E-state index in [1.54, 1.807) is 11.8 Å². The van der Waals surface area contributed by atoms with Gasteiger partial charge in [-0.3, -0.25) is 0 Å². The van der Waals surface area contributed by atoms with E-state index < -0.39 is 0 Å². The molecule has 2 nitrogen and oxygen atoms in total. The first kappa shape index (κ1) is 18.7. The SMILES string of the molecule is CCCc1ccc(C)c(-c2cccc(SC)c2)c1.O.O. The lowest BCUT2D eigenvalue weighted by Crippen LogP contribution is -1.89. The molecule has 0 bridgehead atoms. The zero-order valence-electron chi connectivity index (χ0n) is 12.4. The van der Waals surface area contributed by atoms with Gasteiger partial charge in [0.25, 0.3) is 0 Å². The second-order valence-electron chi connectivity index (χ2n) is 4.63. The zero-order valence-corrected chi connectivity index (χ0v) is 13.2. The minimum Gasteiger partial charge on any atom is -0.412 e. The van der Waals surface area contributed by atoms with Gasteiger partial charge in [0, 0.05) is 4.90 Å². The second-order valence-corrected chi connectivity index (χ2v) is 5.51. The van der Waals surface area contributed by atoms with E-state index in [1.807, 2.05) is 0 Å². The van der Waals surface area contributed by atoms with Crippen LogP contribution in [0.15, 0.2) is 47.4 Å². The number of hydrogen-bond acceptors (Lipinski definition) is 1. The zero-order chi connectivity index (χ0) is 13.0. The summed E-state index contributed by atoms with van der Waals surface area (Å²) >= 11 is 1.80. The maximum absolute atomic E-state index is 2.35. The molecule has 0 radical (unpaired) electrons. The van der Waals surface area contributed by atoms with Gasteiger partial charge in [-0.15, -0.1) is 11.8 Å². The summed E-state index contributed by atoms with van der Waals surface area (Å²) in [4.78, 5) is 1.33. The van der Waals surface area contributed by atoms with Crippen molar-refractivity contribution in [2.45, 2.75) is 31.6 Å². The van der Waals surface area contributed by atoms with E-state index in [0.29, 0.717) is 0 Å². The van der Waals surface area contributed by atoms with Crippen LogP contribution in [-0.4, -0.2) is 17.2 Å². The molecule has 20 heavy (non-hydrogen) atoms. The molecule has 0 aliphatic rings. The van der Waals surface area contributed by atoms with Gasteiger partial charge in [0.1, 0.15) is 0 Å². The predicted octanol–water partition coefficient (Wildman–Crippen LogP) is 3.69. The third kappa shape index (κ3) is 4.37. The molecular formula is C17H24O2S. The minimum absolute atomic E-state index is 0. The molecule has 0 heterocycles. The number of rotatable bonds is 4. The Morgan fingerprint density at radius 2 is 1.75 bits per heavy atom. The van der Waals surface area contributed by atoms with Gasteiger partial charge in [0.05, 0.1) is 0 Å². The largest absolute Gasteiger partial charge is 0.412 e. The average Bonchev–Trinajstić information content (AvgIpc) is 2.41. The van der Waals surface area contributed by atoms with Crippen molar-refractivity contribution in [3.05, 3.63) is 53.6 Å².